The van der Waals surface area contributed by atoms with Gasteiger partial charge in [0.25, 0.3) is 0 Å². The van der Waals surface area contributed by atoms with Crippen molar-refractivity contribution < 1.29 is 14.1 Å². The van der Waals surface area contributed by atoms with Crippen LogP contribution in [0.25, 0.3) is 10.7 Å². The van der Waals surface area contributed by atoms with E-state index in [9.17, 15) is 4.79 Å². The van der Waals surface area contributed by atoms with Crippen LogP contribution >= 0.6 is 11.3 Å². The normalized spacial score (nSPS) is 17.5. The van der Waals surface area contributed by atoms with E-state index in [-0.39, 0.29) is 11.8 Å². The molecular weight excluding hydrogens is 326 g/mol. The molecule has 0 saturated carbocycles. The van der Waals surface area contributed by atoms with Crippen LogP contribution in [0.4, 0.5) is 5.69 Å². The monoisotopic (exact) mass is 341 g/mol. The highest BCUT2D eigenvalue weighted by atomic mass is 32.1. The van der Waals surface area contributed by atoms with Crippen LogP contribution in [-0.4, -0.2) is 29.7 Å². The van der Waals surface area contributed by atoms with Gasteiger partial charge in [0.15, 0.2) is 0 Å². The number of thiophene rings is 1. The van der Waals surface area contributed by atoms with Gasteiger partial charge in [-0.1, -0.05) is 11.2 Å². The first kappa shape index (κ1) is 14.9. The Morgan fingerprint density at radius 1 is 1.29 bits per heavy atom. The van der Waals surface area contributed by atoms with Gasteiger partial charge >= 0.3 is 0 Å². The number of methoxy groups -OCH3 is 1. The van der Waals surface area contributed by atoms with E-state index in [0.717, 1.165) is 16.3 Å². The second-order valence-corrected chi connectivity index (χ2v) is 6.48. The molecule has 1 aliphatic rings. The van der Waals surface area contributed by atoms with Crippen LogP contribution in [-0.2, 0) is 4.79 Å². The third kappa shape index (κ3) is 2.67. The van der Waals surface area contributed by atoms with Crippen LogP contribution in [0.3, 0.4) is 0 Å². The van der Waals surface area contributed by atoms with Gasteiger partial charge in [0, 0.05) is 18.7 Å². The number of anilines is 1. The van der Waals surface area contributed by atoms with E-state index in [1.54, 1.807) is 23.3 Å². The van der Waals surface area contributed by atoms with Gasteiger partial charge in [-0.15, -0.1) is 11.3 Å². The number of ether oxygens (including phenoxy) is 1. The maximum atomic E-state index is 12.4. The minimum Gasteiger partial charge on any atom is -0.497 e. The minimum atomic E-state index is -0.0826. The quantitative estimate of drug-likeness (QED) is 0.728. The zero-order valence-electron chi connectivity index (χ0n) is 13.0. The molecule has 122 valence electrons. The zero-order chi connectivity index (χ0) is 16.5. The topological polar surface area (TPSA) is 68.5 Å². The minimum absolute atomic E-state index is 0.0565. The Kier molecular flexibility index (Phi) is 3.78. The molecule has 0 aliphatic carbocycles. The van der Waals surface area contributed by atoms with Crippen LogP contribution in [0, 0.1) is 0 Å². The molecule has 0 spiro atoms. The number of amides is 1. The second kappa shape index (κ2) is 6.09. The standard InChI is InChI=1S/C17H15N3O3S/c1-22-13-6-4-12(5-7-13)20-10-11(9-15(20)21)17-18-16(19-23-17)14-3-2-8-24-14/h2-8,11H,9-10H2,1H3. The van der Waals surface area contributed by atoms with E-state index in [4.69, 9.17) is 9.26 Å². The molecule has 7 heteroatoms. The molecule has 3 heterocycles. The Balaban J connectivity index is 1.53. The summed E-state index contributed by atoms with van der Waals surface area (Å²) in [5.74, 6) is 1.83. The molecule has 1 atom stereocenters. The van der Waals surface area contributed by atoms with Crippen molar-refractivity contribution in [2.45, 2.75) is 12.3 Å². The summed E-state index contributed by atoms with van der Waals surface area (Å²) in [4.78, 5) is 19.5. The molecule has 3 aromatic rings. The number of aromatic nitrogens is 2. The highest BCUT2D eigenvalue weighted by Gasteiger charge is 2.35. The van der Waals surface area contributed by atoms with Crippen molar-refractivity contribution in [3.63, 3.8) is 0 Å². The van der Waals surface area contributed by atoms with Crippen LogP contribution < -0.4 is 9.64 Å². The van der Waals surface area contributed by atoms with Gasteiger partial charge in [0.2, 0.25) is 17.6 Å². The van der Waals surface area contributed by atoms with Crippen molar-refractivity contribution in [3.05, 3.63) is 47.7 Å². The highest BCUT2D eigenvalue weighted by Crippen LogP contribution is 2.33. The second-order valence-electron chi connectivity index (χ2n) is 5.54. The number of hydrogen-bond donors (Lipinski definition) is 0. The Labute approximate surface area is 142 Å². The van der Waals surface area contributed by atoms with Crippen molar-refractivity contribution in [2.75, 3.05) is 18.6 Å². The van der Waals surface area contributed by atoms with Gasteiger partial charge < -0.3 is 14.2 Å². The van der Waals surface area contributed by atoms with Crippen LogP contribution in [0.5, 0.6) is 5.75 Å². The number of nitrogens with zero attached hydrogens (tertiary/aromatic N) is 3. The Morgan fingerprint density at radius 3 is 2.83 bits per heavy atom. The molecule has 1 unspecified atom stereocenters. The SMILES string of the molecule is COc1ccc(N2CC(c3nc(-c4cccs4)no3)CC2=O)cc1. The molecule has 6 nitrogen and oxygen atoms in total. The number of hydrogen-bond acceptors (Lipinski definition) is 6. The molecule has 1 amide bonds. The van der Waals surface area contributed by atoms with E-state index in [0.29, 0.717) is 24.7 Å². The fraction of sp³-hybridized carbons (Fsp3) is 0.235. The lowest BCUT2D eigenvalue weighted by Gasteiger charge is -2.16. The summed E-state index contributed by atoms with van der Waals surface area (Å²) in [5.41, 5.74) is 0.848. The van der Waals surface area contributed by atoms with E-state index in [1.165, 1.54) is 0 Å². The lowest BCUT2D eigenvalue weighted by atomic mass is 10.1. The van der Waals surface area contributed by atoms with Gasteiger partial charge in [0.1, 0.15) is 5.75 Å². The third-order valence-corrected chi connectivity index (χ3v) is 4.91. The molecule has 1 fully saturated rings. The number of benzene rings is 1. The van der Waals surface area contributed by atoms with Crippen molar-refractivity contribution >= 4 is 22.9 Å². The largest absolute Gasteiger partial charge is 0.497 e. The fourth-order valence-electron chi connectivity index (χ4n) is 2.79. The molecule has 0 radical (unpaired) electrons. The summed E-state index contributed by atoms with van der Waals surface area (Å²) in [6, 6.07) is 11.3. The van der Waals surface area contributed by atoms with E-state index in [1.807, 2.05) is 41.8 Å². The van der Waals surface area contributed by atoms with Crippen molar-refractivity contribution in [3.8, 4) is 16.5 Å². The lowest BCUT2D eigenvalue weighted by Crippen LogP contribution is -2.24. The lowest BCUT2D eigenvalue weighted by molar-refractivity contribution is -0.117. The molecule has 24 heavy (non-hydrogen) atoms. The first-order chi connectivity index (χ1) is 11.7. The van der Waals surface area contributed by atoms with E-state index in [2.05, 4.69) is 10.1 Å². The van der Waals surface area contributed by atoms with Crippen molar-refractivity contribution in [1.82, 2.24) is 10.1 Å². The van der Waals surface area contributed by atoms with Crippen molar-refractivity contribution in [2.24, 2.45) is 0 Å². The van der Waals surface area contributed by atoms with Crippen molar-refractivity contribution in [1.29, 1.82) is 0 Å². The molecule has 0 N–H and O–H groups in total. The molecule has 2 aromatic heterocycles. The van der Waals surface area contributed by atoms with E-state index < -0.39 is 0 Å². The zero-order valence-corrected chi connectivity index (χ0v) is 13.8. The Morgan fingerprint density at radius 2 is 2.12 bits per heavy atom. The summed E-state index contributed by atoms with van der Waals surface area (Å²) in [7, 11) is 1.62. The third-order valence-electron chi connectivity index (χ3n) is 4.04. The number of carbonyl (C=O) groups excluding carboxylic acids is 1. The van der Waals surface area contributed by atoms with Gasteiger partial charge in [-0.05, 0) is 35.7 Å². The molecule has 4 rings (SSSR count). The summed E-state index contributed by atoms with van der Waals surface area (Å²) in [6.45, 7) is 0.539. The summed E-state index contributed by atoms with van der Waals surface area (Å²) in [5, 5.41) is 5.99. The fourth-order valence-corrected chi connectivity index (χ4v) is 3.44. The molecule has 1 aliphatic heterocycles. The first-order valence-corrected chi connectivity index (χ1v) is 8.44. The van der Waals surface area contributed by atoms with Gasteiger partial charge in [-0.3, -0.25) is 4.79 Å². The maximum absolute atomic E-state index is 12.4. The van der Waals surface area contributed by atoms with Crippen LogP contribution in [0.1, 0.15) is 18.2 Å². The maximum Gasteiger partial charge on any atom is 0.232 e. The van der Waals surface area contributed by atoms with Gasteiger partial charge in [0.05, 0.1) is 17.9 Å². The summed E-state index contributed by atoms with van der Waals surface area (Å²) in [6.07, 6.45) is 0.373. The van der Waals surface area contributed by atoms with Gasteiger partial charge in [-0.25, -0.2) is 0 Å². The average molecular weight is 341 g/mol. The predicted octanol–water partition coefficient (Wildman–Crippen LogP) is 3.33. The average Bonchev–Trinajstić information content (AvgIpc) is 3.34. The smallest absolute Gasteiger partial charge is 0.232 e. The summed E-state index contributed by atoms with van der Waals surface area (Å²) < 4.78 is 10.5. The van der Waals surface area contributed by atoms with Gasteiger partial charge in [-0.2, -0.15) is 4.98 Å². The molecule has 1 aromatic carbocycles. The van der Waals surface area contributed by atoms with E-state index >= 15 is 0 Å². The number of carbonyl (C=O) groups is 1. The molecule has 0 bridgehead atoms. The Bertz CT molecular complexity index is 842. The highest BCUT2D eigenvalue weighted by molar-refractivity contribution is 7.13. The molecule has 1 saturated heterocycles. The predicted molar refractivity (Wildman–Crippen MR) is 90.3 cm³/mol. The molecular formula is C17H15N3O3S. The van der Waals surface area contributed by atoms with Crippen LogP contribution in [0.15, 0.2) is 46.3 Å². The summed E-state index contributed by atoms with van der Waals surface area (Å²) >= 11 is 1.56. The van der Waals surface area contributed by atoms with Crippen LogP contribution in [0.2, 0.25) is 0 Å². The first-order valence-electron chi connectivity index (χ1n) is 7.56. The number of rotatable bonds is 4. The Hall–Kier alpha value is -2.67.